The highest BCUT2D eigenvalue weighted by Gasteiger charge is 2.24. The molecular formula is C25H35ClN6O. The number of rotatable bonds is 7. The number of hydrogen-bond donors (Lipinski definition) is 3. The van der Waals surface area contributed by atoms with Gasteiger partial charge in [0.1, 0.15) is 5.82 Å². The molecule has 1 aromatic carbocycles. The van der Waals surface area contributed by atoms with E-state index in [1.807, 2.05) is 24.3 Å². The van der Waals surface area contributed by atoms with Crippen LogP contribution in [0.2, 0.25) is 5.02 Å². The molecule has 7 nitrogen and oxygen atoms in total. The first-order valence-electron chi connectivity index (χ1n) is 12.1. The molecule has 4 rings (SSSR count). The van der Waals surface area contributed by atoms with Gasteiger partial charge in [0.25, 0.3) is 0 Å². The number of anilines is 2. The SMILES string of the molecule is CN(C)c1nc(NC2CCC(CNC(=O)NCc3ccccc3Cl)CC2)nc2c1CCCC2. The summed E-state index contributed by atoms with van der Waals surface area (Å²) in [6.07, 6.45) is 8.83. The quantitative estimate of drug-likeness (QED) is 0.553. The first kappa shape index (κ1) is 23.6. The Morgan fingerprint density at radius 2 is 1.82 bits per heavy atom. The second-order valence-electron chi connectivity index (χ2n) is 9.41. The number of halogens is 1. The summed E-state index contributed by atoms with van der Waals surface area (Å²) in [7, 11) is 4.12. The molecule has 0 unspecified atom stereocenters. The Morgan fingerprint density at radius 3 is 2.58 bits per heavy atom. The van der Waals surface area contributed by atoms with Gasteiger partial charge in [0.2, 0.25) is 5.95 Å². The topological polar surface area (TPSA) is 82.2 Å². The summed E-state index contributed by atoms with van der Waals surface area (Å²) in [5, 5.41) is 10.2. The highest BCUT2D eigenvalue weighted by atomic mass is 35.5. The van der Waals surface area contributed by atoms with Crippen molar-refractivity contribution in [3.05, 3.63) is 46.1 Å². The molecule has 0 aliphatic heterocycles. The molecule has 3 N–H and O–H groups in total. The van der Waals surface area contributed by atoms with Crippen molar-refractivity contribution in [1.29, 1.82) is 0 Å². The van der Waals surface area contributed by atoms with E-state index in [0.29, 0.717) is 30.1 Å². The number of aryl methyl sites for hydroxylation is 1. The molecule has 2 aliphatic rings. The van der Waals surface area contributed by atoms with Gasteiger partial charge in [-0.2, -0.15) is 4.98 Å². The van der Waals surface area contributed by atoms with Gasteiger partial charge in [0.15, 0.2) is 0 Å². The lowest BCUT2D eigenvalue weighted by atomic mass is 9.86. The molecule has 0 spiro atoms. The molecule has 33 heavy (non-hydrogen) atoms. The molecule has 0 radical (unpaired) electrons. The van der Waals surface area contributed by atoms with Gasteiger partial charge >= 0.3 is 6.03 Å². The zero-order valence-electron chi connectivity index (χ0n) is 19.7. The maximum atomic E-state index is 12.2. The highest BCUT2D eigenvalue weighted by Crippen LogP contribution is 2.30. The fraction of sp³-hybridized carbons (Fsp3) is 0.560. The van der Waals surface area contributed by atoms with Crippen LogP contribution in [0.15, 0.2) is 24.3 Å². The van der Waals surface area contributed by atoms with Gasteiger partial charge in [-0.25, -0.2) is 9.78 Å². The summed E-state index contributed by atoms with van der Waals surface area (Å²) >= 11 is 6.15. The average molecular weight is 471 g/mol. The number of aromatic nitrogens is 2. The lowest BCUT2D eigenvalue weighted by Gasteiger charge is -2.30. The number of urea groups is 1. The Balaban J connectivity index is 1.22. The van der Waals surface area contributed by atoms with Crippen LogP contribution in [0.4, 0.5) is 16.6 Å². The van der Waals surface area contributed by atoms with Crippen LogP contribution < -0.4 is 20.9 Å². The van der Waals surface area contributed by atoms with Gasteiger partial charge in [-0.1, -0.05) is 29.8 Å². The molecular weight excluding hydrogens is 436 g/mol. The van der Waals surface area contributed by atoms with E-state index in [1.165, 1.54) is 24.1 Å². The standard InChI is InChI=1S/C25H35ClN6O/c1-32(2)23-20-8-4-6-10-22(20)30-24(31-23)29-19-13-11-17(12-14-19)15-27-25(33)28-16-18-7-3-5-9-21(18)26/h3,5,7,9,17,19H,4,6,8,10-16H2,1-2H3,(H2,27,28,33)(H,29,30,31). The zero-order chi connectivity index (χ0) is 23.2. The van der Waals surface area contributed by atoms with Crippen LogP contribution >= 0.6 is 11.6 Å². The largest absolute Gasteiger partial charge is 0.362 e. The van der Waals surface area contributed by atoms with Crippen molar-refractivity contribution in [3.63, 3.8) is 0 Å². The first-order valence-corrected chi connectivity index (χ1v) is 12.5. The fourth-order valence-corrected chi connectivity index (χ4v) is 5.02. The Morgan fingerprint density at radius 1 is 1.06 bits per heavy atom. The van der Waals surface area contributed by atoms with Crippen molar-refractivity contribution < 1.29 is 4.79 Å². The summed E-state index contributed by atoms with van der Waals surface area (Å²) in [4.78, 5) is 24.0. The smallest absolute Gasteiger partial charge is 0.315 e. The van der Waals surface area contributed by atoms with Crippen molar-refractivity contribution in [1.82, 2.24) is 20.6 Å². The lowest BCUT2D eigenvalue weighted by Crippen LogP contribution is -2.39. The molecule has 1 aromatic heterocycles. The highest BCUT2D eigenvalue weighted by molar-refractivity contribution is 6.31. The number of fused-ring (bicyclic) bond motifs is 1. The molecule has 1 fully saturated rings. The van der Waals surface area contributed by atoms with Crippen molar-refractivity contribution in [2.45, 2.75) is 64.0 Å². The molecule has 0 saturated heterocycles. The summed E-state index contributed by atoms with van der Waals surface area (Å²) in [6, 6.07) is 7.80. The third kappa shape index (κ3) is 6.28. The van der Waals surface area contributed by atoms with E-state index in [-0.39, 0.29) is 6.03 Å². The second kappa shape index (κ2) is 11.1. The van der Waals surface area contributed by atoms with Gasteiger partial charge < -0.3 is 20.9 Å². The minimum absolute atomic E-state index is 0.145. The maximum Gasteiger partial charge on any atom is 0.315 e. The van der Waals surface area contributed by atoms with Crippen LogP contribution in [0.25, 0.3) is 0 Å². The van der Waals surface area contributed by atoms with E-state index in [2.05, 4.69) is 34.9 Å². The molecule has 1 heterocycles. The first-order chi connectivity index (χ1) is 16.0. The Labute approximate surface area is 201 Å². The number of nitrogens with one attached hydrogen (secondary N) is 3. The predicted octanol–water partition coefficient (Wildman–Crippen LogP) is 4.54. The van der Waals surface area contributed by atoms with E-state index in [1.54, 1.807) is 0 Å². The molecule has 2 aliphatic carbocycles. The lowest BCUT2D eigenvalue weighted by molar-refractivity contribution is 0.235. The molecule has 0 bridgehead atoms. The van der Waals surface area contributed by atoms with E-state index in [9.17, 15) is 4.79 Å². The fourth-order valence-electron chi connectivity index (χ4n) is 4.82. The van der Waals surface area contributed by atoms with Crippen LogP contribution in [0.1, 0.15) is 55.3 Å². The Kier molecular flexibility index (Phi) is 7.91. The summed E-state index contributed by atoms with van der Waals surface area (Å²) in [6.45, 7) is 1.12. The molecule has 178 valence electrons. The third-order valence-electron chi connectivity index (χ3n) is 6.71. The van der Waals surface area contributed by atoms with Gasteiger partial charge in [0, 0.05) is 43.8 Å². The van der Waals surface area contributed by atoms with Crippen molar-refractivity contribution >= 4 is 29.4 Å². The van der Waals surface area contributed by atoms with Crippen molar-refractivity contribution in [2.75, 3.05) is 30.9 Å². The van der Waals surface area contributed by atoms with Gasteiger partial charge in [-0.15, -0.1) is 0 Å². The molecule has 8 heteroatoms. The molecule has 0 atom stereocenters. The number of nitrogens with zero attached hydrogens (tertiary/aromatic N) is 3. The number of amides is 2. The average Bonchev–Trinajstić information content (AvgIpc) is 2.82. The predicted molar refractivity (Wildman–Crippen MR) is 134 cm³/mol. The molecule has 2 aromatic rings. The van der Waals surface area contributed by atoms with Crippen molar-refractivity contribution in [3.8, 4) is 0 Å². The Hall–Kier alpha value is -2.54. The van der Waals surface area contributed by atoms with Crippen LogP contribution in [-0.4, -0.2) is 42.7 Å². The number of hydrogen-bond acceptors (Lipinski definition) is 5. The van der Waals surface area contributed by atoms with Crippen molar-refractivity contribution in [2.24, 2.45) is 5.92 Å². The van der Waals surface area contributed by atoms with Gasteiger partial charge in [-0.3, -0.25) is 0 Å². The minimum atomic E-state index is -0.145. The second-order valence-corrected chi connectivity index (χ2v) is 9.82. The summed E-state index contributed by atoms with van der Waals surface area (Å²) in [5.74, 6) is 2.32. The molecule has 2 amide bonds. The minimum Gasteiger partial charge on any atom is -0.362 e. The maximum absolute atomic E-state index is 12.2. The van der Waals surface area contributed by atoms with Crippen LogP contribution in [0, 0.1) is 5.92 Å². The van der Waals surface area contributed by atoms with Crippen LogP contribution in [0.5, 0.6) is 0 Å². The monoisotopic (exact) mass is 470 g/mol. The zero-order valence-corrected chi connectivity index (χ0v) is 20.4. The third-order valence-corrected chi connectivity index (χ3v) is 7.08. The van der Waals surface area contributed by atoms with E-state index in [4.69, 9.17) is 21.6 Å². The van der Waals surface area contributed by atoms with E-state index < -0.39 is 0 Å². The van der Waals surface area contributed by atoms with Crippen LogP contribution in [-0.2, 0) is 19.4 Å². The van der Waals surface area contributed by atoms with E-state index in [0.717, 1.165) is 55.9 Å². The summed E-state index contributed by atoms with van der Waals surface area (Å²) in [5.41, 5.74) is 3.45. The Bertz CT molecular complexity index is 958. The van der Waals surface area contributed by atoms with E-state index >= 15 is 0 Å². The normalized spacial score (nSPS) is 20.0. The number of carbonyl (C=O) groups is 1. The molecule has 1 saturated carbocycles. The van der Waals surface area contributed by atoms with Gasteiger partial charge in [-0.05, 0) is 68.9 Å². The van der Waals surface area contributed by atoms with Crippen LogP contribution in [0.3, 0.4) is 0 Å². The number of carbonyl (C=O) groups excluding carboxylic acids is 1. The summed E-state index contributed by atoms with van der Waals surface area (Å²) < 4.78 is 0. The number of benzene rings is 1. The van der Waals surface area contributed by atoms with Gasteiger partial charge in [0.05, 0.1) is 5.69 Å².